The Morgan fingerprint density at radius 2 is 2.42 bits per heavy atom. The molecule has 0 spiro atoms. The Morgan fingerprint density at radius 3 is 2.92 bits per heavy atom. The molecule has 1 aromatic rings. The summed E-state index contributed by atoms with van der Waals surface area (Å²) in [7, 11) is 1.63. The Hall–Kier alpha value is -1.30. The van der Waals surface area contributed by atoms with Gasteiger partial charge in [0.2, 0.25) is 0 Å². The van der Waals surface area contributed by atoms with Crippen LogP contribution in [0.3, 0.4) is 0 Å². The highest BCUT2D eigenvalue weighted by Gasteiger charge is 2.03. The van der Waals surface area contributed by atoms with Gasteiger partial charge in [0.1, 0.15) is 0 Å². The third-order valence-electron chi connectivity index (χ3n) is 1.38. The Labute approximate surface area is 70.1 Å². The summed E-state index contributed by atoms with van der Waals surface area (Å²) in [4.78, 5) is 0. The van der Waals surface area contributed by atoms with E-state index >= 15 is 0 Å². The molecule has 1 heterocycles. The van der Waals surface area contributed by atoms with Crippen molar-refractivity contribution >= 4 is 12.0 Å². The normalized spacial score (nSPS) is 12.8. The molecule has 0 aliphatic carbocycles. The summed E-state index contributed by atoms with van der Waals surface area (Å²) in [6, 6.07) is 0.374. The molecule has 1 unspecified atom stereocenters. The van der Waals surface area contributed by atoms with Gasteiger partial charge in [-0.25, -0.2) is 0 Å². The van der Waals surface area contributed by atoms with E-state index in [4.69, 9.17) is 14.9 Å². The van der Waals surface area contributed by atoms with Crippen LogP contribution in [0.1, 0.15) is 6.92 Å². The lowest BCUT2D eigenvalue weighted by Crippen LogP contribution is -2.18. The zero-order chi connectivity index (χ0) is 8.97. The summed E-state index contributed by atoms with van der Waals surface area (Å²) in [6.07, 6.45) is 0.0955. The zero-order valence-electron chi connectivity index (χ0n) is 7.07. The lowest BCUT2D eigenvalue weighted by Gasteiger charge is -2.07. The summed E-state index contributed by atoms with van der Waals surface area (Å²) in [5.74, 6) is 0. The number of aromatic nitrogens is 2. The molecule has 1 aromatic heterocycles. The predicted octanol–water partition coefficient (Wildman–Crippen LogP) is 0.0986. The number of ether oxygens (including phenoxy) is 1. The summed E-state index contributed by atoms with van der Waals surface area (Å²) >= 11 is 0. The highest BCUT2D eigenvalue weighted by atomic mass is 16.5. The summed E-state index contributed by atoms with van der Waals surface area (Å²) < 4.78 is 9.86. The number of nitrogen functional groups attached to an aromatic ring is 1. The maximum atomic E-state index is 5.21. The highest BCUT2D eigenvalue weighted by Crippen LogP contribution is 2.05. The number of hydrogen-bond acceptors (Lipinski definition) is 6. The van der Waals surface area contributed by atoms with Gasteiger partial charge in [-0.3, -0.25) is 0 Å². The first-order chi connectivity index (χ1) is 5.72. The molecule has 6 nitrogen and oxygen atoms in total. The fraction of sp³-hybridized carbons (Fsp3) is 0.667. The molecule has 0 aliphatic rings. The predicted molar refractivity (Wildman–Crippen MR) is 43.7 cm³/mol. The topological polar surface area (TPSA) is 86.2 Å². The van der Waals surface area contributed by atoms with Crippen molar-refractivity contribution < 1.29 is 9.15 Å². The third-order valence-corrected chi connectivity index (χ3v) is 1.38. The Balaban J connectivity index is 2.33. The van der Waals surface area contributed by atoms with E-state index in [1.54, 1.807) is 7.11 Å². The Morgan fingerprint density at radius 1 is 1.67 bits per heavy atom. The van der Waals surface area contributed by atoms with Gasteiger partial charge in [-0.1, -0.05) is 10.2 Å². The van der Waals surface area contributed by atoms with Crippen molar-refractivity contribution in [1.29, 1.82) is 0 Å². The minimum atomic E-state index is 0.0579. The van der Waals surface area contributed by atoms with E-state index in [9.17, 15) is 0 Å². The molecule has 0 aliphatic heterocycles. The molecule has 0 saturated carbocycles. The van der Waals surface area contributed by atoms with Gasteiger partial charge in [-0.15, -0.1) is 0 Å². The molecule has 12 heavy (non-hydrogen) atoms. The molecule has 1 rings (SSSR count). The van der Waals surface area contributed by atoms with Crippen LogP contribution >= 0.6 is 0 Å². The van der Waals surface area contributed by atoms with E-state index in [1.165, 1.54) is 0 Å². The summed E-state index contributed by atoms with van der Waals surface area (Å²) in [5, 5.41) is 9.96. The molecule has 0 amide bonds. The second-order valence-electron chi connectivity index (χ2n) is 2.37. The van der Waals surface area contributed by atoms with Gasteiger partial charge in [0.05, 0.1) is 6.10 Å². The lowest BCUT2D eigenvalue weighted by atomic mass is 10.4. The molecule has 0 aromatic carbocycles. The van der Waals surface area contributed by atoms with Crippen LogP contribution < -0.4 is 11.1 Å². The average Bonchev–Trinajstić information content (AvgIpc) is 2.47. The monoisotopic (exact) mass is 172 g/mol. The molecule has 0 fully saturated rings. The van der Waals surface area contributed by atoms with E-state index in [1.807, 2.05) is 6.92 Å². The van der Waals surface area contributed by atoms with Crippen LogP contribution in [0.2, 0.25) is 0 Å². The molecule has 0 radical (unpaired) electrons. The van der Waals surface area contributed by atoms with Gasteiger partial charge in [0.25, 0.3) is 0 Å². The van der Waals surface area contributed by atoms with Gasteiger partial charge >= 0.3 is 12.0 Å². The van der Waals surface area contributed by atoms with Gasteiger partial charge in [-0.05, 0) is 6.92 Å². The molecule has 0 saturated heterocycles. The summed E-state index contributed by atoms with van der Waals surface area (Å²) in [6.45, 7) is 2.53. The first kappa shape index (κ1) is 8.79. The van der Waals surface area contributed by atoms with Crippen LogP contribution in [0.5, 0.6) is 0 Å². The maximum Gasteiger partial charge on any atom is 0.316 e. The van der Waals surface area contributed by atoms with Crippen molar-refractivity contribution in [2.75, 3.05) is 24.7 Å². The molecular formula is C6H12N4O2. The van der Waals surface area contributed by atoms with E-state index in [0.29, 0.717) is 12.6 Å². The molecule has 0 bridgehead atoms. The fourth-order valence-corrected chi connectivity index (χ4v) is 0.620. The number of nitrogens with two attached hydrogens (primary N) is 1. The van der Waals surface area contributed by atoms with Crippen molar-refractivity contribution in [2.24, 2.45) is 0 Å². The largest absolute Gasteiger partial charge is 0.390 e. The second kappa shape index (κ2) is 3.91. The number of methoxy groups -OCH3 is 1. The smallest absolute Gasteiger partial charge is 0.316 e. The van der Waals surface area contributed by atoms with Crippen LogP contribution in [-0.4, -0.2) is 30.0 Å². The van der Waals surface area contributed by atoms with E-state index in [2.05, 4.69) is 15.5 Å². The number of nitrogens with zero attached hydrogens (tertiary/aromatic N) is 2. The zero-order valence-corrected chi connectivity index (χ0v) is 7.07. The molecule has 68 valence electrons. The van der Waals surface area contributed by atoms with Crippen molar-refractivity contribution in [2.45, 2.75) is 13.0 Å². The van der Waals surface area contributed by atoms with Crippen LogP contribution in [0.4, 0.5) is 12.0 Å². The van der Waals surface area contributed by atoms with Crippen LogP contribution in [0, 0.1) is 0 Å². The lowest BCUT2D eigenvalue weighted by molar-refractivity contribution is 0.128. The number of anilines is 2. The van der Waals surface area contributed by atoms with Gasteiger partial charge in [-0.2, -0.15) is 0 Å². The van der Waals surface area contributed by atoms with Gasteiger partial charge < -0.3 is 20.2 Å². The first-order valence-corrected chi connectivity index (χ1v) is 3.58. The number of rotatable bonds is 4. The average molecular weight is 172 g/mol. The molecular weight excluding hydrogens is 160 g/mol. The third kappa shape index (κ3) is 2.39. The van der Waals surface area contributed by atoms with E-state index in [-0.39, 0.29) is 12.1 Å². The summed E-state index contributed by atoms with van der Waals surface area (Å²) in [5.41, 5.74) is 5.21. The minimum absolute atomic E-state index is 0.0579. The van der Waals surface area contributed by atoms with Crippen molar-refractivity contribution in [3.63, 3.8) is 0 Å². The number of nitrogens with one attached hydrogen (secondary N) is 1. The highest BCUT2D eigenvalue weighted by molar-refractivity contribution is 5.22. The van der Waals surface area contributed by atoms with Crippen molar-refractivity contribution in [1.82, 2.24) is 10.2 Å². The molecule has 3 N–H and O–H groups in total. The van der Waals surface area contributed by atoms with E-state index < -0.39 is 0 Å². The van der Waals surface area contributed by atoms with Gasteiger partial charge in [0.15, 0.2) is 0 Å². The molecule has 1 atom stereocenters. The van der Waals surface area contributed by atoms with E-state index in [0.717, 1.165) is 0 Å². The van der Waals surface area contributed by atoms with Gasteiger partial charge in [0, 0.05) is 13.7 Å². The van der Waals surface area contributed by atoms with Crippen molar-refractivity contribution in [3.8, 4) is 0 Å². The second-order valence-corrected chi connectivity index (χ2v) is 2.37. The molecule has 6 heteroatoms. The maximum absolute atomic E-state index is 5.21. The Kier molecular flexibility index (Phi) is 2.87. The van der Waals surface area contributed by atoms with Crippen LogP contribution in [0.25, 0.3) is 0 Å². The first-order valence-electron chi connectivity index (χ1n) is 3.58. The van der Waals surface area contributed by atoms with Crippen LogP contribution in [-0.2, 0) is 4.74 Å². The Bertz CT molecular complexity index is 237. The number of hydrogen-bond donors (Lipinski definition) is 2. The minimum Gasteiger partial charge on any atom is -0.390 e. The SMILES string of the molecule is COC(C)CNc1nnc(N)o1. The van der Waals surface area contributed by atoms with Crippen molar-refractivity contribution in [3.05, 3.63) is 0 Å². The quantitative estimate of drug-likeness (QED) is 0.669. The standard InChI is InChI=1S/C6H12N4O2/c1-4(11-2)3-8-6-10-9-5(7)12-6/h4H,3H2,1-2H3,(H2,7,9)(H,8,10). The fourth-order valence-electron chi connectivity index (χ4n) is 0.620. The van der Waals surface area contributed by atoms with Crippen LogP contribution in [0.15, 0.2) is 4.42 Å².